The van der Waals surface area contributed by atoms with Crippen molar-refractivity contribution in [1.82, 2.24) is 4.90 Å². The summed E-state index contributed by atoms with van der Waals surface area (Å²) in [6, 6.07) is 0. The lowest BCUT2D eigenvalue weighted by molar-refractivity contribution is -0.0928. The van der Waals surface area contributed by atoms with Gasteiger partial charge in [0.2, 0.25) is 0 Å². The summed E-state index contributed by atoms with van der Waals surface area (Å²) in [5.41, 5.74) is 0. The predicted molar refractivity (Wildman–Crippen MR) is 183 cm³/mol. The maximum absolute atomic E-state index is 9.08. The van der Waals surface area contributed by atoms with E-state index in [1.165, 1.54) is 96.3 Å². The predicted octanol–water partition coefficient (Wildman–Crippen LogP) is 7.17. The molecule has 266 valence electrons. The Kier molecular flexibility index (Phi) is 33.8. The molecule has 0 aliphatic rings. The van der Waals surface area contributed by atoms with Gasteiger partial charge in [0.25, 0.3) is 0 Å². The second kappa shape index (κ2) is 34.0. The zero-order valence-corrected chi connectivity index (χ0v) is 29.8. The molecule has 8 heteroatoms. The van der Waals surface area contributed by atoms with Crippen LogP contribution in [0.5, 0.6) is 0 Å². The number of unbranched alkanes of at least 4 members (excludes halogenated alkanes) is 15. The summed E-state index contributed by atoms with van der Waals surface area (Å²) in [6.45, 7) is 15.7. The minimum Gasteiger partial charge on any atom is -0.395 e. The van der Waals surface area contributed by atoms with Crippen LogP contribution in [-0.4, -0.2) is 112 Å². The summed E-state index contributed by atoms with van der Waals surface area (Å²) in [6.07, 6.45) is 22.1. The van der Waals surface area contributed by atoms with Crippen molar-refractivity contribution < 1.29 is 33.9 Å². The fraction of sp³-hybridized carbons (Fsp3) is 1.00. The fourth-order valence-electron chi connectivity index (χ4n) is 5.09. The largest absolute Gasteiger partial charge is 0.395 e. The minimum absolute atomic E-state index is 0.0125. The molecule has 44 heavy (non-hydrogen) atoms. The molecule has 0 aliphatic heterocycles. The molecule has 4 unspecified atom stereocenters. The van der Waals surface area contributed by atoms with Gasteiger partial charge < -0.3 is 33.9 Å². The van der Waals surface area contributed by atoms with Crippen LogP contribution < -0.4 is 0 Å². The van der Waals surface area contributed by atoms with Crippen molar-refractivity contribution in [3.8, 4) is 0 Å². The summed E-state index contributed by atoms with van der Waals surface area (Å²) < 4.78 is 29.3. The van der Waals surface area contributed by atoms with E-state index in [4.69, 9.17) is 33.9 Å². The summed E-state index contributed by atoms with van der Waals surface area (Å²) in [5.74, 6) is 0. The van der Waals surface area contributed by atoms with Gasteiger partial charge in [0, 0.05) is 26.2 Å². The summed E-state index contributed by atoms with van der Waals surface area (Å²) >= 11 is 0. The van der Waals surface area contributed by atoms with Crippen LogP contribution in [0.15, 0.2) is 0 Å². The highest BCUT2D eigenvalue weighted by Gasteiger charge is 2.12. The van der Waals surface area contributed by atoms with Crippen molar-refractivity contribution >= 4 is 0 Å². The van der Waals surface area contributed by atoms with E-state index < -0.39 is 0 Å². The average molecular weight is 634 g/mol. The van der Waals surface area contributed by atoms with Gasteiger partial charge in [0.15, 0.2) is 0 Å². The zero-order chi connectivity index (χ0) is 32.5. The molecular formula is C36H75NO7. The van der Waals surface area contributed by atoms with Gasteiger partial charge >= 0.3 is 0 Å². The molecule has 0 saturated heterocycles. The van der Waals surface area contributed by atoms with Gasteiger partial charge in [-0.3, -0.25) is 4.90 Å². The van der Waals surface area contributed by atoms with E-state index in [0.717, 1.165) is 13.0 Å². The number of ether oxygens (including phenoxy) is 5. The number of hydrogen-bond acceptors (Lipinski definition) is 8. The van der Waals surface area contributed by atoms with E-state index in [1.54, 1.807) is 0 Å². The maximum Gasteiger partial charge on any atom is 0.0781 e. The topological polar surface area (TPSA) is 89.9 Å². The van der Waals surface area contributed by atoms with E-state index in [0.29, 0.717) is 52.7 Å². The molecule has 0 fully saturated rings. The highest BCUT2D eigenvalue weighted by molar-refractivity contribution is 4.59. The lowest BCUT2D eigenvalue weighted by Crippen LogP contribution is -2.34. The SMILES string of the molecule is CCCCCCCCCCCCCCCCCCOCC(C)OCC(C)OCC(C)OCC(C)OCCN(CCO)CCO. The summed E-state index contributed by atoms with van der Waals surface area (Å²) in [5, 5.41) is 18.2. The molecule has 0 aromatic rings. The molecule has 8 nitrogen and oxygen atoms in total. The molecule has 0 rings (SSSR count). The van der Waals surface area contributed by atoms with Crippen molar-refractivity contribution in [2.24, 2.45) is 0 Å². The molecular weight excluding hydrogens is 558 g/mol. The number of aliphatic hydroxyl groups excluding tert-OH is 2. The van der Waals surface area contributed by atoms with Crippen molar-refractivity contribution in [3.63, 3.8) is 0 Å². The van der Waals surface area contributed by atoms with Crippen molar-refractivity contribution in [3.05, 3.63) is 0 Å². The Balaban J connectivity index is 3.52. The Morgan fingerprint density at radius 2 is 0.795 bits per heavy atom. The van der Waals surface area contributed by atoms with Crippen LogP contribution in [0.1, 0.15) is 137 Å². The highest BCUT2D eigenvalue weighted by atomic mass is 16.6. The standard InChI is InChI=1S/C36H75NO7/c1-6-7-8-9-10-11-12-13-14-15-16-17-18-19-20-21-27-40-29-33(2)42-31-35(4)44-32-36(5)43-30-34(3)41-28-24-37(22-25-38)23-26-39/h33-36,38-39H,6-32H2,1-5H3. The van der Waals surface area contributed by atoms with Crippen LogP contribution in [0.2, 0.25) is 0 Å². The molecule has 4 atom stereocenters. The van der Waals surface area contributed by atoms with Crippen LogP contribution in [0, 0.1) is 0 Å². The van der Waals surface area contributed by atoms with E-state index in [9.17, 15) is 0 Å². The molecule has 0 amide bonds. The first-order valence-electron chi connectivity index (χ1n) is 18.4. The van der Waals surface area contributed by atoms with Gasteiger partial charge in [0.1, 0.15) is 0 Å². The van der Waals surface area contributed by atoms with Crippen molar-refractivity contribution in [2.45, 2.75) is 162 Å². The van der Waals surface area contributed by atoms with Gasteiger partial charge in [-0.15, -0.1) is 0 Å². The Morgan fingerprint density at radius 1 is 0.432 bits per heavy atom. The van der Waals surface area contributed by atoms with Crippen LogP contribution in [0.3, 0.4) is 0 Å². The van der Waals surface area contributed by atoms with Crippen LogP contribution in [0.4, 0.5) is 0 Å². The highest BCUT2D eigenvalue weighted by Crippen LogP contribution is 2.14. The minimum atomic E-state index is -0.0385. The lowest BCUT2D eigenvalue weighted by atomic mass is 10.0. The maximum atomic E-state index is 9.08. The van der Waals surface area contributed by atoms with E-state index in [1.807, 2.05) is 25.7 Å². The first-order valence-corrected chi connectivity index (χ1v) is 18.4. The zero-order valence-electron chi connectivity index (χ0n) is 29.8. The number of nitrogens with zero attached hydrogens (tertiary/aromatic N) is 1. The Bertz CT molecular complexity index is 551. The van der Waals surface area contributed by atoms with Crippen LogP contribution in [-0.2, 0) is 23.7 Å². The molecule has 0 heterocycles. The second-order valence-electron chi connectivity index (χ2n) is 12.8. The molecule has 0 bridgehead atoms. The Labute approximate surface area is 272 Å². The van der Waals surface area contributed by atoms with Crippen molar-refractivity contribution in [1.29, 1.82) is 0 Å². The first kappa shape index (κ1) is 43.7. The third-order valence-electron chi connectivity index (χ3n) is 7.98. The molecule has 0 aromatic carbocycles. The summed E-state index contributed by atoms with van der Waals surface area (Å²) in [7, 11) is 0. The molecule has 0 radical (unpaired) electrons. The normalized spacial score (nSPS) is 14.7. The average Bonchev–Trinajstić information content (AvgIpc) is 3.01. The van der Waals surface area contributed by atoms with Gasteiger partial charge in [-0.1, -0.05) is 103 Å². The Morgan fingerprint density at radius 3 is 1.20 bits per heavy atom. The van der Waals surface area contributed by atoms with Gasteiger partial charge in [-0.25, -0.2) is 0 Å². The number of aliphatic hydroxyl groups is 2. The summed E-state index contributed by atoms with van der Waals surface area (Å²) in [4.78, 5) is 1.97. The van der Waals surface area contributed by atoms with Crippen LogP contribution in [0.25, 0.3) is 0 Å². The third-order valence-corrected chi connectivity index (χ3v) is 7.98. The smallest absolute Gasteiger partial charge is 0.0781 e. The molecule has 0 saturated carbocycles. The molecule has 0 aliphatic carbocycles. The van der Waals surface area contributed by atoms with E-state index >= 15 is 0 Å². The number of hydrogen-bond donors (Lipinski definition) is 2. The first-order chi connectivity index (χ1) is 21.4. The monoisotopic (exact) mass is 634 g/mol. The molecule has 2 N–H and O–H groups in total. The Hall–Kier alpha value is -0.320. The molecule has 0 aromatic heterocycles. The number of rotatable bonds is 36. The quantitative estimate of drug-likeness (QED) is 0.0702. The van der Waals surface area contributed by atoms with Crippen molar-refractivity contribution in [2.75, 3.05) is 72.5 Å². The van der Waals surface area contributed by atoms with E-state index in [-0.39, 0.29) is 37.6 Å². The third kappa shape index (κ3) is 31.7. The van der Waals surface area contributed by atoms with Gasteiger partial charge in [0.05, 0.1) is 70.7 Å². The van der Waals surface area contributed by atoms with Crippen LogP contribution >= 0.6 is 0 Å². The van der Waals surface area contributed by atoms with E-state index in [2.05, 4.69) is 13.8 Å². The molecule has 0 spiro atoms. The second-order valence-corrected chi connectivity index (χ2v) is 12.8. The van der Waals surface area contributed by atoms with Gasteiger partial charge in [-0.05, 0) is 34.1 Å². The fourth-order valence-corrected chi connectivity index (χ4v) is 5.09. The van der Waals surface area contributed by atoms with Gasteiger partial charge in [-0.2, -0.15) is 0 Å². The lowest BCUT2D eigenvalue weighted by Gasteiger charge is -2.23.